The van der Waals surface area contributed by atoms with Gasteiger partial charge in [0, 0.05) is 19.3 Å². The van der Waals surface area contributed by atoms with Gasteiger partial charge in [-0.2, -0.15) is 0 Å². The van der Waals surface area contributed by atoms with Crippen LogP contribution < -0.4 is 11.1 Å². The summed E-state index contributed by atoms with van der Waals surface area (Å²) in [5.41, 5.74) is 7.64. The quantitative estimate of drug-likeness (QED) is 0.710. The molecular weight excluding hydrogens is 148 g/mol. The lowest BCUT2D eigenvalue weighted by Crippen LogP contribution is -1.92. The molecule has 0 saturated carbocycles. The van der Waals surface area contributed by atoms with Crippen LogP contribution in [-0.4, -0.2) is 13.6 Å². The van der Waals surface area contributed by atoms with Gasteiger partial charge in [-0.1, -0.05) is 24.3 Å². The maximum Gasteiger partial charge on any atom is 0.0337 e. The van der Waals surface area contributed by atoms with Gasteiger partial charge in [0.1, 0.15) is 0 Å². The van der Waals surface area contributed by atoms with Crippen molar-refractivity contribution >= 4 is 11.8 Å². The third-order valence-electron chi connectivity index (χ3n) is 1.65. The van der Waals surface area contributed by atoms with E-state index in [0.717, 1.165) is 5.69 Å². The van der Waals surface area contributed by atoms with E-state index in [1.807, 2.05) is 31.3 Å². The van der Waals surface area contributed by atoms with E-state index in [2.05, 4.69) is 17.4 Å². The molecule has 2 nitrogen and oxygen atoms in total. The molecule has 1 rings (SSSR count). The van der Waals surface area contributed by atoms with Crippen molar-refractivity contribution in [1.29, 1.82) is 0 Å². The van der Waals surface area contributed by atoms with Crippen LogP contribution in [-0.2, 0) is 0 Å². The number of hydrogen-bond donors (Lipinski definition) is 2. The lowest BCUT2D eigenvalue weighted by Gasteiger charge is -1.98. The zero-order chi connectivity index (χ0) is 8.81. The minimum atomic E-state index is 0.591. The Morgan fingerprint density at radius 1 is 1.33 bits per heavy atom. The summed E-state index contributed by atoms with van der Waals surface area (Å²) in [4.78, 5) is 0. The van der Waals surface area contributed by atoms with Crippen LogP contribution in [0.3, 0.4) is 0 Å². The summed E-state index contributed by atoms with van der Waals surface area (Å²) in [6.07, 6.45) is 3.95. The lowest BCUT2D eigenvalue weighted by atomic mass is 10.2. The van der Waals surface area contributed by atoms with Gasteiger partial charge in [0.05, 0.1) is 0 Å². The number of nitrogens with one attached hydrogen (secondary N) is 1. The predicted molar refractivity (Wildman–Crippen MR) is 54.1 cm³/mol. The molecule has 0 bridgehead atoms. The van der Waals surface area contributed by atoms with Gasteiger partial charge in [0.25, 0.3) is 0 Å². The molecule has 2 heteroatoms. The van der Waals surface area contributed by atoms with Gasteiger partial charge in [0.2, 0.25) is 0 Å². The molecule has 0 aliphatic rings. The summed E-state index contributed by atoms with van der Waals surface area (Å²) >= 11 is 0. The van der Waals surface area contributed by atoms with Crippen molar-refractivity contribution in [3.8, 4) is 0 Å². The van der Waals surface area contributed by atoms with E-state index in [1.54, 1.807) is 0 Å². The first-order chi connectivity index (χ1) is 5.86. The molecule has 3 N–H and O–H groups in total. The van der Waals surface area contributed by atoms with Crippen molar-refractivity contribution in [2.45, 2.75) is 0 Å². The second-order valence-corrected chi connectivity index (χ2v) is 2.51. The van der Waals surface area contributed by atoms with Gasteiger partial charge in [0.15, 0.2) is 0 Å². The molecule has 64 valence electrons. The molecule has 0 aromatic heterocycles. The van der Waals surface area contributed by atoms with Crippen molar-refractivity contribution in [1.82, 2.24) is 0 Å². The fourth-order valence-electron chi connectivity index (χ4n) is 0.965. The smallest absolute Gasteiger partial charge is 0.0337 e. The predicted octanol–water partition coefficient (Wildman–Crippen LogP) is 1.70. The molecule has 0 atom stereocenters. The van der Waals surface area contributed by atoms with Crippen LogP contribution >= 0.6 is 0 Å². The highest BCUT2D eigenvalue weighted by Gasteiger charge is 1.86. The Kier molecular flexibility index (Phi) is 3.35. The van der Waals surface area contributed by atoms with E-state index in [4.69, 9.17) is 5.73 Å². The number of nitrogens with two attached hydrogens (primary N) is 1. The second kappa shape index (κ2) is 4.57. The van der Waals surface area contributed by atoms with Crippen molar-refractivity contribution in [3.05, 3.63) is 35.9 Å². The van der Waals surface area contributed by atoms with Crippen LogP contribution in [0.5, 0.6) is 0 Å². The van der Waals surface area contributed by atoms with E-state index in [0.29, 0.717) is 6.54 Å². The van der Waals surface area contributed by atoms with Gasteiger partial charge < -0.3 is 11.1 Å². The number of hydrogen-bond acceptors (Lipinski definition) is 2. The van der Waals surface area contributed by atoms with Crippen LogP contribution in [0.2, 0.25) is 0 Å². The maximum absolute atomic E-state index is 5.33. The second-order valence-electron chi connectivity index (χ2n) is 2.51. The largest absolute Gasteiger partial charge is 0.388 e. The van der Waals surface area contributed by atoms with Crippen molar-refractivity contribution < 1.29 is 0 Å². The molecule has 0 unspecified atom stereocenters. The first-order valence-electron chi connectivity index (χ1n) is 4.01. The Balaban J connectivity index is 2.71. The van der Waals surface area contributed by atoms with E-state index in [-0.39, 0.29) is 0 Å². The summed E-state index contributed by atoms with van der Waals surface area (Å²) in [6.45, 7) is 0.591. The van der Waals surface area contributed by atoms with Gasteiger partial charge in [-0.3, -0.25) is 0 Å². The van der Waals surface area contributed by atoms with Gasteiger partial charge in [-0.15, -0.1) is 0 Å². The maximum atomic E-state index is 5.33. The van der Waals surface area contributed by atoms with Gasteiger partial charge in [-0.25, -0.2) is 0 Å². The van der Waals surface area contributed by atoms with Crippen molar-refractivity contribution in [2.75, 3.05) is 18.9 Å². The van der Waals surface area contributed by atoms with E-state index < -0.39 is 0 Å². The van der Waals surface area contributed by atoms with Crippen LogP contribution in [0.4, 0.5) is 5.69 Å². The molecule has 0 radical (unpaired) electrons. The zero-order valence-corrected chi connectivity index (χ0v) is 7.25. The Bertz CT molecular complexity index is 249. The molecule has 0 fully saturated rings. The third kappa shape index (κ3) is 2.40. The summed E-state index contributed by atoms with van der Waals surface area (Å²) in [5, 5.41) is 3.06. The average molecular weight is 162 g/mol. The van der Waals surface area contributed by atoms with E-state index in [9.17, 15) is 0 Å². The molecule has 0 amide bonds. The highest BCUT2D eigenvalue weighted by molar-refractivity contribution is 5.54. The van der Waals surface area contributed by atoms with Crippen LogP contribution in [0.15, 0.2) is 30.3 Å². The monoisotopic (exact) mass is 162 g/mol. The topological polar surface area (TPSA) is 38.0 Å². The molecule has 0 heterocycles. The van der Waals surface area contributed by atoms with Crippen LogP contribution in [0.1, 0.15) is 5.56 Å². The zero-order valence-electron chi connectivity index (χ0n) is 7.25. The van der Waals surface area contributed by atoms with Crippen molar-refractivity contribution in [3.63, 3.8) is 0 Å². The molecule has 0 aliphatic heterocycles. The minimum Gasteiger partial charge on any atom is -0.388 e. The Morgan fingerprint density at radius 2 is 2.00 bits per heavy atom. The number of anilines is 1. The van der Waals surface area contributed by atoms with Crippen LogP contribution in [0.25, 0.3) is 6.08 Å². The van der Waals surface area contributed by atoms with Crippen molar-refractivity contribution in [2.24, 2.45) is 5.73 Å². The highest BCUT2D eigenvalue weighted by atomic mass is 14.8. The third-order valence-corrected chi connectivity index (χ3v) is 1.65. The first kappa shape index (κ1) is 8.81. The normalized spacial score (nSPS) is 10.5. The average Bonchev–Trinajstić information content (AvgIpc) is 2.15. The fraction of sp³-hybridized carbons (Fsp3) is 0.200. The number of rotatable bonds is 3. The molecular formula is C10H14N2. The SMILES string of the molecule is CNc1ccc(C=CCN)cc1. The Labute approximate surface area is 73.1 Å². The molecule has 0 spiro atoms. The van der Waals surface area contributed by atoms with Gasteiger partial charge in [-0.05, 0) is 17.7 Å². The summed E-state index contributed by atoms with van der Waals surface area (Å²) in [6, 6.07) is 8.18. The van der Waals surface area contributed by atoms with Gasteiger partial charge >= 0.3 is 0 Å². The number of benzene rings is 1. The molecule has 0 saturated heterocycles. The van der Waals surface area contributed by atoms with E-state index in [1.165, 1.54) is 5.56 Å². The Morgan fingerprint density at radius 3 is 2.50 bits per heavy atom. The molecule has 12 heavy (non-hydrogen) atoms. The standard InChI is InChI=1S/C10H14N2/c1-12-10-6-4-9(5-7-10)3-2-8-11/h2-7,12H,8,11H2,1H3. The summed E-state index contributed by atoms with van der Waals surface area (Å²) < 4.78 is 0. The highest BCUT2D eigenvalue weighted by Crippen LogP contribution is 2.09. The minimum absolute atomic E-state index is 0.591. The molecule has 1 aromatic rings. The fourth-order valence-corrected chi connectivity index (χ4v) is 0.965. The van der Waals surface area contributed by atoms with Crippen LogP contribution in [0, 0.1) is 0 Å². The van der Waals surface area contributed by atoms with E-state index >= 15 is 0 Å². The molecule has 0 aliphatic carbocycles. The first-order valence-corrected chi connectivity index (χ1v) is 4.01. The summed E-state index contributed by atoms with van der Waals surface area (Å²) in [7, 11) is 1.91. The lowest BCUT2D eigenvalue weighted by molar-refractivity contribution is 1.26. The summed E-state index contributed by atoms with van der Waals surface area (Å²) in [5.74, 6) is 0. The molecule has 1 aromatic carbocycles. The Hall–Kier alpha value is -1.28.